The summed E-state index contributed by atoms with van der Waals surface area (Å²) >= 11 is 0. The number of sulfonamides is 1. The molecule has 0 saturated heterocycles. The molecule has 44 heavy (non-hydrogen) atoms. The topological polar surface area (TPSA) is 116 Å². The number of hydrogen-bond acceptors (Lipinski definition) is 5. The summed E-state index contributed by atoms with van der Waals surface area (Å²) in [6, 6.07) is 30.4. The summed E-state index contributed by atoms with van der Waals surface area (Å²) in [6.45, 7) is -0.161. The predicted octanol–water partition coefficient (Wildman–Crippen LogP) is 5.85. The molecule has 5 rings (SSSR count). The van der Waals surface area contributed by atoms with E-state index in [4.69, 9.17) is 0 Å². The van der Waals surface area contributed by atoms with Crippen LogP contribution < -0.4 is 14.3 Å². The fourth-order valence-corrected chi connectivity index (χ4v) is 6.69. The number of anilines is 3. The van der Waals surface area contributed by atoms with E-state index in [2.05, 4.69) is 10.0 Å². The summed E-state index contributed by atoms with van der Waals surface area (Å²) in [5.41, 5.74) is 1.56. The highest BCUT2D eigenvalue weighted by atomic mass is 32.2. The first-order chi connectivity index (χ1) is 21.0. The highest BCUT2D eigenvalue weighted by Crippen LogP contribution is 2.27. The molecule has 0 saturated carbocycles. The van der Waals surface area contributed by atoms with Gasteiger partial charge in [0.2, 0.25) is 0 Å². The molecule has 0 unspecified atom stereocenters. The van der Waals surface area contributed by atoms with Gasteiger partial charge in [-0.25, -0.2) is 12.8 Å². The summed E-state index contributed by atoms with van der Waals surface area (Å²) in [5, 5.41) is 4.40. The molecule has 0 aliphatic carbocycles. The third-order valence-corrected chi connectivity index (χ3v) is 10.0. The Balaban J connectivity index is 1.27. The van der Waals surface area contributed by atoms with Crippen LogP contribution >= 0.6 is 0 Å². The molecule has 0 radical (unpaired) electrons. The zero-order chi connectivity index (χ0) is 31.5. The van der Waals surface area contributed by atoms with Crippen LogP contribution in [0.15, 0.2) is 120 Å². The summed E-state index contributed by atoms with van der Waals surface area (Å²) in [4.78, 5) is 12.9. The second-order valence-corrected chi connectivity index (χ2v) is 13.8. The second kappa shape index (κ2) is 12.4. The van der Waals surface area contributed by atoms with Crippen LogP contribution in [0.25, 0.3) is 10.8 Å². The van der Waals surface area contributed by atoms with E-state index in [-0.39, 0.29) is 22.7 Å². The largest absolute Gasteiger partial charge is 0.322 e. The van der Waals surface area contributed by atoms with E-state index in [1.54, 1.807) is 30.3 Å². The van der Waals surface area contributed by atoms with Gasteiger partial charge in [0, 0.05) is 30.7 Å². The number of carbonyl (C=O) groups excluding carboxylic acids is 1. The number of amides is 1. The van der Waals surface area contributed by atoms with Crippen LogP contribution in [0.1, 0.15) is 15.9 Å². The predicted molar refractivity (Wildman–Crippen MR) is 171 cm³/mol. The molecule has 5 aromatic carbocycles. The molecular formula is C32H29FN4O5S2. The average Bonchev–Trinajstić information content (AvgIpc) is 3.01. The van der Waals surface area contributed by atoms with E-state index in [1.807, 2.05) is 30.3 Å². The van der Waals surface area contributed by atoms with Crippen molar-refractivity contribution in [1.29, 1.82) is 0 Å². The van der Waals surface area contributed by atoms with Crippen LogP contribution in [0.3, 0.4) is 0 Å². The summed E-state index contributed by atoms with van der Waals surface area (Å²) in [6.07, 6.45) is 0. The lowest BCUT2D eigenvalue weighted by molar-refractivity contribution is 0.102. The van der Waals surface area contributed by atoms with Crippen molar-refractivity contribution in [2.24, 2.45) is 0 Å². The number of nitrogens with one attached hydrogen (secondary N) is 2. The lowest BCUT2D eigenvalue weighted by Gasteiger charge is -2.27. The molecule has 0 aliphatic heterocycles. The van der Waals surface area contributed by atoms with Gasteiger partial charge in [0.1, 0.15) is 5.82 Å². The van der Waals surface area contributed by atoms with Gasteiger partial charge in [0.05, 0.1) is 22.8 Å². The number of halogens is 1. The zero-order valence-corrected chi connectivity index (χ0v) is 25.4. The number of para-hydroxylation sites is 1. The third kappa shape index (κ3) is 6.57. The molecule has 0 fully saturated rings. The van der Waals surface area contributed by atoms with Crippen LogP contribution in [0.5, 0.6) is 0 Å². The van der Waals surface area contributed by atoms with Crippen LogP contribution in [0.4, 0.5) is 21.5 Å². The van der Waals surface area contributed by atoms with E-state index in [1.165, 1.54) is 68.7 Å². The number of nitrogens with zero attached hydrogens (tertiary/aromatic N) is 2. The first-order valence-electron chi connectivity index (χ1n) is 13.4. The number of hydrogen-bond donors (Lipinski definition) is 2. The Kier molecular flexibility index (Phi) is 8.68. The number of carbonyl (C=O) groups is 1. The highest BCUT2D eigenvalue weighted by molar-refractivity contribution is 7.92. The Morgan fingerprint density at radius 3 is 2.07 bits per heavy atom. The molecule has 9 nitrogen and oxygen atoms in total. The fourth-order valence-electron chi connectivity index (χ4n) is 4.51. The smallest absolute Gasteiger partial charge is 0.303 e. The molecule has 0 heterocycles. The highest BCUT2D eigenvalue weighted by Gasteiger charge is 2.27. The molecule has 1 amide bonds. The van der Waals surface area contributed by atoms with E-state index in [9.17, 15) is 26.0 Å². The molecule has 2 N–H and O–H groups in total. The molecule has 0 aliphatic rings. The molecule has 226 valence electrons. The van der Waals surface area contributed by atoms with Gasteiger partial charge >= 0.3 is 10.2 Å². The number of benzene rings is 5. The molecule has 0 bridgehead atoms. The summed E-state index contributed by atoms with van der Waals surface area (Å²) < 4.78 is 71.2. The van der Waals surface area contributed by atoms with E-state index in [0.717, 1.165) is 19.4 Å². The minimum absolute atomic E-state index is 0.0277. The minimum Gasteiger partial charge on any atom is -0.322 e. The summed E-state index contributed by atoms with van der Waals surface area (Å²) in [7, 11) is -5.19. The monoisotopic (exact) mass is 632 g/mol. The van der Waals surface area contributed by atoms with Gasteiger partial charge in [0.25, 0.3) is 15.9 Å². The van der Waals surface area contributed by atoms with Crippen molar-refractivity contribution in [3.63, 3.8) is 0 Å². The molecular weight excluding hydrogens is 604 g/mol. The van der Waals surface area contributed by atoms with Gasteiger partial charge in [0.15, 0.2) is 0 Å². The SMILES string of the molecule is CN(C)S(=O)(=O)N(Cc1ccc(C(=O)Nc2ccc(S(=O)(=O)Nc3cccc4ccccc34)cc2)cc1)c1ccccc1F. The van der Waals surface area contributed by atoms with Crippen molar-refractivity contribution < 1.29 is 26.0 Å². The average molecular weight is 633 g/mol. The number of fused-ring (bicyclic) bond motifs is 1. The molecule has 0 aromatic heterocycles. The summed E-state index contributed by atoms with van der Waals surface area (Å²) in [5.74, 6) is -1.13. The van der Waals surface area contributed by atoms with Crippen LogP contribution in [-0.2, 0) is 26.8 Å². The zero-order valence-electron chi connectivity index (χ0n) is 23.8. The van der Waals surface area contributed by atoms with Gasteiger partial charge in [-0.1, -0.05) is 60.7 Å². The maximum atomic E-state index is 14.5. The van der Waals surface area contributed by atoms with Crippen LogP contribution in [-0.4, -0.2) is 41.1 Å². The van der Waals surface area contributed by atoms with Crippen molar-refractivity contribution in [3.05, 3.63) is 132 Å². The van der Waals surface area contributed by atoms with Gasteiger partial charge in [-0.2, -0.15) is 12.7 Å². The Bertz CT molecular complexity index is 2030. The van der Waals surface area contributed by atoms with Crippen molar-refractivity contribution in [1.82, 2.24) is 4.31 Å². The first kappa shape index (κ1) is 30.7. The lowest BCUT2D eigenvalue weighted by atomic mass is 10.1. The van der Waals surface area contributed by atoms with Gasteiger partial charge in [-0.15, -0.1) is 0 Å². The Labute approximate surface area is 255 Å². The number of rotatable bonds is 10. The van der Waals surface area contributed by atoms with E-state index >= 15 is 0 Å². The van der Waals surface area contributed by atoms with Crippen molar-refractivity contribution in [2.45, 2.75) is 11.4 Å². The maximum absolute atomic E-state index is 14.5. The minimum atomic E-state index is -4.02. The molecule has 5 aromatic rings. The molecule has 0 atom stereocenters. The first-order valence-corrected chi connectivity index (χ1v) is 16.3. The quantitative estimate of drug-likeness (QED) is 0.201. The van der Waals surface area contributed by atoms with Gasteiger partial charge < -0.3 is 5.32 Å². The van der Waals surface area contributed by atoms with Crippen molar-refractivity contribution in [2.75, 3.05) is 28.4 Å². The Hall–Kier alpha value is -4.78. The molecule has 12 heteroatoms. The van der Waals surface area contributed by atoms with Crippen molar-refractivity contribution in [3.8, 4) is 0 Å². The Morgan fingerprint density at radius 2 is 1.39 bits per heavy atom. The molecule has 0 spiro atoms. The van der Waals surface area contributed by atoms with E-state index in [0.29, 0.717) is 16.9 Å². The van der Waals surface area contributed by atoms with E-state index < -0.39 is 32.0 Å². The lowest BCUT2D eigenvalue weighted by Crippen LogP contribution is -2.40. The standard InChI is InChI=1S/C32H29FN4O5S2/c1-36(2)44(41,42)37(31-13-6-5-11-29(31)33)22-23-14-16-25(17-15-23)32(38)34-26-18-20-27(21-19-26)43(39,40)35-30-12-7-9-24-8-3-4-10-28(24)30/h3-21,35H,22H2,1-2H3,(H,34,38). The van der Waals surface area contributed by atoms with Crippen LogP contribution in [0, 0.1) is 5.82 Å². The second-order valence-electron chi connectivity index (χ2n) is 10.1. The normalized spacial score (nSPS) is 11.8. The Morgan fingerprint density at radius 1 is 0.750 bits per heavy atom. The van der Waals surface area contributed by atoms with Crippen molar-refractivity contribution >= 4 is 54.0 Å². The fraction of sp³-hybridized carbons (Fsp3) is 0.0938. The third-order valence-electron chi connectivity index (χ3n) is 6.86. The maximum Gasteiger partial charge on any atom is 0.303 e. The van der Waals surface area contributed by atoms with Gasteiger partial charge in [-0.3, -0.25) is 13.8 Å². The van der Waals surface area contributed by atoms with Gasteiger partial charge in [-0.05, 0) is 65.5 Å². The van der Waals surface area contributed by atoms with Crippen LogP contribution in [0.2, 0.25) is 0 Å².